The fourth-order valence-electron chi connectivity index (χ4n) is 3.33. The van der Waals surface area contributed by atoms with Gasteiger partial charge < -0.3 is 9.84 Å². The second-order valence-electron chi connectivity index (χ2n) is 7.30. The van der Waals surface area contributed by atoms with Gasteiger partial charge in [0.15, 0.2) is 0 Å². The Morgan fingerprint density at radius 3 is 2.67 bits per heavy atom. The monoisotopic (exact) mass is 372 g/mol. The van der Waals surface area contributed by atoms with E-state index in [2.05, 4.69) is 20.8 Å². The fraction of sp³-hybridized carbons (Fsp3) is 0.632. The Morgan fingerprint density at radius 2 is 2.04 bits per heavy atom. The molecule has 24 heavy (non-hydrogen) atoms. The normalized spacial score (nSPS) is 24.2. The number of ether oxygens (including phenoxy) is 1. The molecule has 0 aromatic heterocycles. The molecule has 0 amide bonds. The van der Waals surface area contributed by atoms with E-state index in [1.54, 1.807) is 13.0 Å². The molecule has 2 rings (SSSR count). The van der Waals surface area contributed by atoms with Gasteiger partial charge >= 0.3 is 5.97 Å². The topological polar surface area (TPSA) is 46.5 Å². The highest BCUT2D eigenvalue weighted by Gasteiger charge is 2.32. The summed E-state index contributed by atoms with van der Waals surface area (Å²) < 4.78 is 5.72. The summed E-state index contributed by atoms with van der Waals surface area (Å²) in [5, 5.41) is 10.8. The minimum atomic E-state index is -0.345. The molecule has 0 saturated heterocycles. The Bertz CT molecular complexity index is 613. The Kier molecular flexibility index (Phi) is 6.44. The molecular weight excluding hydrogens is 347 g/mol. The highest BCUT2D eigenvalue weighted by atomic mass is 35.5. The number of carbonyl (C=O) groups excluding carboxylic acids is 1. The average molecular weight is 373 g/mol. The second kappa shape index (κ2) is 7.97. The predicted molar refractivity (Wildman–Crippen MR) is 97.8 cm³/mol. The van der Waals surface area contributed by atoms with Gasteiger partial charge in [-0.25, -0.2) is 0 Å². The molecule has 0 heterocycles. The molecule has 1 fully saturated rings. The van der Waals surface area contributed by atoms with Crippen LogP contribution in [0.3, 0.4) is 0 Å². The van der Waals surface area contributed by atoms with Gasteiger partial charge in [-0.05, 0) is 55.6 Å². The van der Waals surface area contributed by atoms with Crippen LogP contribution >= 0.6 is 23.2 Å². The van der Waals surface area contributed by atoms with E-state index in [9.17, 15) is 9.90 Å². The molecule has 0 radical (unpaired) electrons. The number of esters is 1. The number of rotatable bonds is 4. The molecule has 3 nitrogen and oxygen atoms in total. The summed E-state index contributed by atoms with van der Waals surface area (Å²) in [6.45, 7) is 8.29. The van der Waals surface area contributed by atoms with Gasteiger partial charge in [0.1, 0.15) is 11.9 Å². The molecule has 3 atom stereocenters. The van der Waals surface area contributed by atoms with Crippen LogP contribution in [0.1, 0.15) is 51.2 Å². The lowest BCUT2D eigenvalue weighted by molar-refractivity contribution is -0.153. The average Bonchev–Trinajstić information content (AvgIpc) is 2.52. The third kappa shape index (κ3) is 4.37. The number of aromatic hydroxyl groups is 1. The fourth-order valence-corrected chi connectivity index (χ4v) is 3.83. The van der Waals surface area contributed by atoms with Crippen LogP contribution in [-0.2, 0) is 16.0 Å². The number of phenolic OH excluding ortho intramolecular Hbond substituents is 1. The van der Waals surface area contributed by atoms with Crippen LogP contribution < -0.4 is 0 Å². The lowest BCUT2D eigenvalue weighted by atomic mass is 9.76. The van der Waals surface area contributed by atoms with Gasteiger partial charge in [0.25, 0.3) is 0 Å². The van der Waals surface area contributed by atoms with E-state index in [1.807, 2.05) is 0 Å². The SMILES string of the molecule is Cc1c(Cl)cc(CC(=O)O[C@H]2C[C@H](C(C)C)CC[C@H]2C)c(O)c1Cl. The highest BCUT2D eigenvalue weighted by Crippen LogP contribution is 2.37. The van der Waals surface area contributed by atoms with E-state index in [1.165, 1.54) is 6.42 Å². The molecular formula is C19H26Cl2O3. The van der Waals surface area contributed by atoms with E-state index in [-0.39, 0.29) is 29.3 Å². The molecule has 1 aromatic rings. The zero-order valence-corrected chi connectivity index (χ0v) is 16.2. The van der Waals surface area contributed by atoms with Crippen molar-refractivity contribution in [3.8, 4) is 5.75 Å². The summed E-state index contributed by atoms with van der Waals surface area (Å²) in [6, 6.07) is 1.58. The van der Waals surface area contributed by atoms with Crippen molar-refractivity contribution in [1.82, 2.24) is 0 Å². The van der Waals surface area contributed by atoms with Crippen LogP contribution in [0.5, 0.6) is 5.75 Å². The lowest BCUT2D eigenvalue weighted by Gasteiger charge is -2.35. The zero-order valence-electron chi connectivity index (χ0n) is 14.7. The number of phenols is 1. The quantitative estimate of drug-likeness (QED) is 0.704. The molecule has 134 valence electrons. The van der Waals surface area contributed by atoms with Gasteiger partial charge in [-0.2, -0.15) is 0 Å². The molecule has 1 saturated carbocycles. The van der Waals surface area contributed by atoms with Gasteiger partial charge in [0.2, 0.25) is 0 Å². The van der Waals surface area contributed by atoms with Crippen LogP contribution in [0.15, 0.2) is 6.07 Å². The maximum atomic E-state index is 12.3. The smallest absolute Gasteiger partial charge is 0.310 e. The highest BCUT2D eigenvalue weighted by molar-refractivity contribution is 6.37. The van der Waals surface area contributed by atoms with Crippen molar-refractivity contribution in [2.24, 2.45) is 17.8 Å². The Balaban J connectivity index is 2.05. The molecule has 1 aromatic carbocycles. The van der Waals surface area contributed by atoms with Gasteiger partial charge in [-0.3, -0.25) is 4.79 Å². The van der Waals surface area contributed by atoms with Crippen LogP contribution in [-0.4, -0.2) is 17.2 Å². The first-order chi connectivity index (χ1) is 11.2. The van der Waals surface area contributed by atoms with Crippen molar-refractivity contribution in [3.63, 3.8) is 0 Å². The molecule has 0 spiro atoms. The molecule has 5 heteroatoms. The van der Waals surface area contributed by atoms with E-state index in [0.29, 0.717) is 33.9 Å². The number of carbonyl (C=O) groups is 1. The van der Waals surface area contributed by atoms with Crippen LogP contribution in [0.2, 0.25) is 10.0 Å². The first kappa shape index (κ1) is 19.4. The van der Waals surface area contributed by atoms with Crippen LogP contribution in [0.4, 0.5) is 0 Å². The minimum absolute atomic E-state index is 0.0267. The van der Waals surface area contributed by atoms with E-state index < -0.39 is 0 Å². The Hall–Kier alpha value is -0.930. The summed E-state index contributed by atoms with van der Waals surface area (Å²) in [4.78, 5) is 12.3. The molecule has 1 N–H and O–H groups in total. The number of benzene rings is 1. The zero-order chi connectivity index (χ0) is 18.0. The van der Waals surface area contributed by atoms with E-state index in [4.69, 9.17) is 27.9 Å². The van der Waals surface area contributed by atoms with E-state index >= 15 is 0 Å². The summed E-state index contributed by atoms with van der Waals surface area (Å²) in [7, 11) is 0. The first-order valence-electron chi connectivity index (χ1n) is 8.56. The maximum absolute atomic E-state index is 12.3. The van der Waals surface area contributed by atoms with Gasteiger partial charge in [0, 0.05) is 10.6 Å². The Labute approximate surface area is 154 Å². The Morgan fingerprint density at radius 1 is 1.38 bits per heavy atom. The first-order valence-corrected chi connectivity index (χ1v) is 9.32. The number of hydrogen-bond donors (Lipinski definition) is 1. The molecule has 0 unspecified atom stereocenters. The molecule has 0 aliphatic heterocycles. The standard InChI is InChI=1S/C19H26Cl2O3/c1-10(2)13-6-5-11(3)16(8-13)24-17(22)9-14-7-15(20)12(4)18(21)19(14)23/h7,10-11,13,16,23H,5-6,8-9H2,1-4H3/t11-,13-,16+/m1/s1. The van der Waals surface area contributed by atoms with Crippen molar-refractivity contribution < 1.29 is 14.6 Å². The summed E-state index contributed by atoms with van der Waals surface area (Å²) in [5.41, 5.74) is 1.01. The predicted octanol–water partition coefficient (Wildman–Crippen LogP) is 5.55. The number of hydrogen-bond acceptors (Lipinski definition) is 3. The minimum Gasteiger partial charge on any atom is -0.506 e. The van der Waals surface area contributed by atoms with Crippen molar-refractivity contribution >= 4 is 29.2 Å². The molecule has 1 aliphatic carbocycles. The number of halogens is 2. The lowest BCUT2D eigenvalue weighted by Crippen LogP contribution is -2.34. The summed E-state index contributed by atoms with van der Waals surface area (Å²) >= 11 is 12.1. The van der Waals surface area contributed by atoms with Crippen molar-refractivity contribution in [2.45, 2.75) is 59.5 Å². The third-order valence-corrected chi connectivity index (χ3v) is 6.08. The van der Waals surface area contributed by atoms with Crippen molar-refractivity contribution in [1.29, 1.82) is 0 Å². The van der Waals surface area contributed by atoms with E-state index in [0.717, 1.165) is 12.8 Å². The largest absolute Gasteiger partial charge is 0.506 e. The third-order valence-electron chi connectivity index (χ3n) is 5.22. The van der Waals surface area contributed by atoms with Crippen molar-refractivity contribution in [3.05, 3.63) is 27.2 Å². The van der Waals surface area contributed by atoms with Crippen molar-refractivity contribution in [2.75, 3.05) is 0 Å². The second-order valence-corrected chi connectivity index (χ2v) is 8.09. The van der Waals surface area contributed by atoms with Gasteiger partial charge in [0.05, 0.1) is 11.4 Å². The van der Waals surface area contributed by atoms with Crippen LogP contribution in [0, 0.1) is 24.7 Å². The maximum Gasteiger partial charge on any atom is 0.310 e. The molecule has 1 aliphatic rings. The summed E-state index contributed by atoms with van der Waals surface area (Å²) in [5.74, 6) is 1.12. The van der Waals surface area contributed by atoms with Gasteiger partial charge in [-0.15, -0.1) is 0 Å². The summed E-state index contributed by atoms with van der Waals surface area (Å²) in [6.07, 6.45) is 3.09. The van der Waals surface area contributed by atoms with Crippen LogP contribution in [0.25, 0.3) is 0 Å². The molecule has 0 bridgehead atoms. The van der Waals surface area contributed by atoms with Gasteiger partial charge in [-0.1, -0.05) is 44.0 Å².